The van der Waals surface area contributed by atoms with Gasteiger partial charge >= 0.3 is 0 Å². The highest BCUT2D eigenvalue weighted by Crippen LogP contribution is 2.32. The van der Waals surface area contributed by atoms with E-state index in [4.69, 9.17) is 0 Å². The first-order valence-corrected chi connectivity index (χ1v) is 10.9. The van der Waals surface area contributed by atoms with Crippen molar-refractivity contribution in [3.63, 3.8) is 0 Å². The van der Waals surface area contributed by atoms with Gasteiger partial charge in [-0.3, -0.25) is 14.9 Å². The minimum absolute atomic E-state index is 0.0986. The average Bonchev–Trinajstić information content (AvgIpc) is 3.58. The van der Waals surface area contributed by atoms with Crippen LogP contribution in [0.1, 0.15) is 25.7 Å². The number of carbonyl (C=O) groups excluding carboxylic acids is 1. The molecular weight excluding hydrogens is 400 g/mol. The van der Waals surface area contributed by atoms with E-state index in [1.807, 2.05) is 36.5 Å². The Hall–Kier alpha value is -4.00. The topological polar surface area (TPSA) is 99.3 Å². The smallest absolute Gasteiger partial charge is 0.227 e. The normalized spacial score (nSPS) is 14.4. The zero-order valence-corrected chi connectivity index (χ0v) is 17.4. The quantitative estimate of drug-likeness (QED) is 0.366. The summed E-state index contributed by atoms with van der Waals surface area (Å²) in [5.41, 5.74) is 6.24. The predicted molar refractivity (Wildman–Crippen MR) is 125 cm³/mol. The lowest BCUT2D eigenvalue weighted by atomic mass is 10.0. The highest BCUT2D eigenvalue weighted by atomic mass is 16.1. The van der Waals surface area contributed by atoms with Crippen molar-refractivity contribution in [2.75, 3.05) is 5.32 Å². The summed E-state index contributed by atoms with van der Waals surface area (Å²) in [6, 6.07) is 14.2. The molecule has 1 aliphatic rings. The van der Waals surface area contributed by atoms with Crippen LogP contribution < -0.4 is 5.32 Å². The van der Waals surface area contributed by atoms with Crippen molar-refractivity contribution in [2.24, 2.45) is 5.92 Å². The third-order valence-corrected chi connectivity index (χ3v) is 6.27. The molecule has 7 nitrogen and oxygen atoms in total. The minimum atomic E-state index is 0.0986. The number of anilines is 1. The first-order chi connectivity index (χ1) is 15.7. The lowest BCUT2D eigenvalue weighted by Gasteiger charge is -2.11. The standard InChI is InChI=1S/C25H22N6O/c32-25(15-4-1-2-5-15)28-19-10-18(13-26-14-19)16-7-8-21-20(11-16)23(31-30-21)22-12-17-6-3-9-27-24(17)29-22/h3,6-15H,1-2,4-5H2,(H,27,29)(H,28,32)(H,30,31). The zero-order chi connectivity index (χ0) is 21.5. The van der Waals surface area contributed by atoms with Gasteiger partial charge in [0.2, 0.25) is 5.91 Å². The van der Waals surface area contributed by atoms with Crippen LogP contribution in [0.3, 0.4) is 0 Å². The van der Waals surface area contributed by atoms with E-state index in [-0.39, 0.29) is 11.8 Å². The van der Waals surface area contributed by atoms with Crippen LogP contribution in [0.25, 0.3) is 44.5 Å². The highest BCUT2D eigenvalue weighted by molar-refractivity contribution is 5.97. The van der Waals surface area contributed by atoms with Gasteiger partial charge in [-0.15, -0.1) is 0 Å². The molecule has 32 heavy (non-hydrogen) atoms. The fourth-order valence-electron chi connectivity index (χ4n) is 4.58. The number of hydrogen-bond donors (Lipinski definition) is 3. The van der Waals surface area contributed by atoms with Gasteiger partial charge in [-0.25, -0.2) is 4.98 Å². The number of H-pyrrole nitrogens is 2. The molecule has 0 unspecified atom stereocenters. The maximum atomic E-state index is 12.5. The van der Waals surface area contributed by atoms with E-state index in [9.17, 15) is 4.79 Å². The largest absolute Gasteiger partial charge is 0.338 e. The predicted octanol–water partition coefficient (Wildman–Crippen LogP) is 5.30. The molecule has 5 aromatic rings. The molecule has 6 rings (SSSR count). The molecule has 1 fully saturated rings. The Bertz CT molecular complexity index is 1410. The second-order valence-electron chi connectivity index (χ2n) is 8.39. The first kappa shape index (κ1) is 18.7. The summed E-state index contributed by atoms with van der Waals surface area (Å²) in [6.45, 7) is 0. The summed E-state index contributed by atoms with van der Waals surface area (Å²) in [4.78, 5) is 24.6. The van der Waals surface area contributed by atoms with Crippen LogP contribution in [0.4, 0.5) is 5.69 Å². The summed E-state index contributed by atoms with van der Waals surface area (Å²) in [5, 5.41) is 12.8. The molecule has 1 aliphatic carbocycles. The molecule has 4 heterocycles. The van der Waals surface area contributed by atoms with Crippen molar-refractivity contribution in [1.29, 1.82) is 0 Å². The number of hydrogen-bond acceptors (Lipinski definition) is 4. The average molecular weight is 422 g/mol. The molecule has 7 heteroatoms. The number of benzene rings is 1. The Morgan fingerprint density at radius 2 is 1.94 bits per heavy atom. The Balaban J connectivity index is 1.35. The van der Waals surface area contributed by atoms with E-state index in [1.54, 1.807) is 12.4 Å². The Morgan fingerprint density at radius 1 is 1.03 bits per heavy atom. The highest BCUT2D eigenvalue weighted by Gasteiger charge is 2.22. The third kappa shape index (κ3) is 3.32. The van der Waals surface area contributed by atoms with Crippen molar-refractivity contribution < 1.29 is 4.79 Å². The van der Waals surface area contributed by atoms with Crippen LogP contribution in [0.2, 0.25) is 0 Å². The van der Waals surface area contributed by atoms with Gasteiger partial charge in [-0.2, -0.15) is 5.10 Å². The van der Waals surface area contributed by atoms with Crippen molar-refractivity contribution in [2.45, 2.75) is 25.7 Å². The van der Waals surface area contributed by atoms with Gasteiger partial charge in [0.25, 0.3) is 0 Å². The fourth-order valence-corrected chi connectivity index (χ4v) is 4.58. The zero-order valence-electron chi connectivity index (χ0n) is 17.4. The monoisotopic (exact) mass is 422 g/mol. The van der Waals surface area contributed by atoms with Crippen molar-refractivity contribution >= 4 is 33.5 Å². The summed E-state index contributed by atoms with van der Waals surface area (Å²) in [5.74, 6) is 0.218. The molecule has 0 atom stereocenters. The van der Waals surface area contributed by atoms with Crippen molar-refractivity contribution in [3.05, 3.63) is 61.1 Å². The van der Waals surface area contributed by atoms with E-state index in [2.05, 4.69) is 42.6 Å². The van der Waals surface area contributed by atoms with Crippen LogP contribution in [0.15, 0.2) is 61.1 Å². The number of rotatable bonds is 4. The van der Waals surface area contributed by atoms with Gasteiger partial charge in [-0.05, 0) is 54.8 Å². The minimum Gasteiger partial charge on any atom is -0.338 e. The second kappa shape index (κ2) is 7.60. The van der Waals surface area contributed by atoms with E-state index in [0.29, 0.717) is 0 Å². The lowest BCUT2D eigenvalue weighted by molar-refractivity contribution is -0.119. The molecule has 0 radical (unpaired) electrons. The maximum absolute atomic E-state index is 12.5. The molecule has 1 amide bonds. The SMILES string of the molecule is O=C(Nc1cncc(-c2ccc3[nH]nc(-c4cc5cccnc5[nH]4)c3c2)c1)C1CCCC1. The van der Waals surface area contributed by atoms with Crippen molar-refractivity contribution in [3.8, 4) is 22.5 Å². The molecule has 0 saturated heterocycles. The van der Waals surface area contributed by atoms with Crippen LogP contribution >= 0.6 is 0 Å². The molecule has 1 aromatic carbocycles. The molecule has 0 bridgehead atoms. The number of amides is 1. The summed E-state index contributed by atoms with van der Waals surface area (Å²) < 4.78 is 0. The molecule has 0 aliphatic heterocycles. The molecule has 158 valence electrons. The fraction of sp³-hybridized carbons (Fsp3) is 0.200. The van der Waals surface area contributed by atoms with Gasteiger partial charge in [0.05, 0.1) is 23.1 Å². The van der Waals surface area contributed by atoms with Crippen molar-refractivity contribution in [1.82, 2.24) is 25.1 Å². The summed E-state index contributed by atoms with van der Waals surface area (Å²) in [7, 11) is 0. The Morgan fingerprint density at radius 3 is 2.81 bits per heavy atom. The number of nitrogens with one attached hydrogen (secondary N) is 3. The van der Waals surface area contributed by atoms with Gasteiger partial charge in [-0.1, -0.05) is 18.9 Å². The Labute approximate surface area is 184 Å². The molecule has 1 saturated carbocycles. The van der Waals surface area contributed by atoms with Crippen LogP contribution in [-0.4, -0.2) is 31.1 Å². The Kier molecular flexibility index (Phi) is 4.45. The number of carbonyl (C=O) groups is 1. The van der Waals surface area contributed by atoms with Gasteiger partial charge in [0, 0.05) is 34.6 Å². The third-order valence-electron chi connectivity index (χ3n) is 6.27. The van der Waals surface area contributed by atoms with Crippen LogP contribution in [0, 0.1) is 5.92 Å². The van der Waals surface area contributed by atoms with Gasteiger partial charge in [0.15, 0.2) is 0 Å². The maximum Gasteiger partial charge on any atom is 0.227 e. The van der Waals surface area contributed by atoms with E-state index >= 15 is 0 Å². The van der Waals surface area contributed by atoms with E-state index < -0.39 is 0 Å². The number of aromatic amines is 2. The van der Waals surface area contributed by atoms with Gasteiger partial charge in [0.1, 0.15) is 11.3 Å². The molecule has 3 N–H and O–H groups in total. The number of pyridine rings is 2. The van der Waals surface area contributed by atoms with Crippen LogP contribution in [-0.2, 0) is 4.79 Å². The number of fused-ring (bicyclic) bond motifs is 2. The summed E-state index contributed by atoms with van der Waals surface area (Å²) >= 11 is 0. The van der Waals surface area contributed by atoms with E-state index in [1.165, 1.54) is 0 Å². The molecular formula is C25H22N6O. The first-order valence-electron chi connectivity index (χ1n) is 10.9. The van der Waals surface area contributed by atoms with Crippen LogP contribution in [0.5, 0.6) is 0 Å². The number of nitrogens with zero attached hydrogens (tertiary/aromatic N) is 3. The number of aromatic nitrogens is 5. The molecule has 4 aromatic heterocycles. The van der Waals surface area contributed by atoms with Gasteiger partial charge < -0.3 is 10.3 Å². The summed E-state index contributed by atoms with van der Waals surface area (Å²) in [6.07, 6.45) is 9.51. The molecule has 0 spiro atoms. The van der Waals surface area contributed by atoms with E-state index in [0.717, 1.165) is 75.8 Å². The lowest BCUT2D eigenvalue weighted by Crippen LogP contribution is -2.20. The second-order valence-corrected chi connectivity index (χ2v) is 8.39.